The van der Waals surface area contributed by atoms with Crippen LogP contribution in [0.5, 0.6) is 0 Å². The summed E-state index contributed by atoms with van der Waals surface area (Å²) in [5.74, 6) is 0. The van der Waals surface area contributed by atoms with Crippen LogP contribution in [0.15, 0.2) is 35.2 Å². The van der Waals surface area contributed by atoms with Crippen molar-refractivity contribution in [2.45, 2.75) is 134 Å². The van der Waals surface area contributed by atoms with Crippen molar-refractivity contribution in [3.05, 3.63) is 41.5 Å². The van der Waals surface area contributed by atoms with Crippen LogP contribution in [0.25, 0.3) is 10.8 Å². The molecule has 4 heteroatoms. The molecule has 0 bridgehead atoms. The zero-order valence-electron chi connectivity index (χ0n) is 21.8. The van der Waals surface area contributed by atoms with Crippen molar-refractivity contribution in [3.63, 3.8) is 0 Å². The van der Waals surface area contributed by atoms with Crippen molar-refractivity contribution >= 4 is 20.9 Å². The van der Waals surface area contributed by atoms with Gasteiger partial charge in [0.15, 0.2) is 0 Å². The van der Waals surface area contributed by atoms with E-state index in [0.29, 0.717) is 6.42 Å². The number of fused-ring (bicyclic) bond motifs is 1. The second kappa shape index (κ2) is 16.3. The maximum atomic E-state index is 12.1. The molecule has 192 valence electrons. The lowest BCUT2D eigenvalue weighted by atomic mass is 9.98. The maximum absolute atomic E-state index is 12.1. The monoisotopic (exact) mass is 488 g/mol. The Balaban J connectivity index is 1.91. The molecule has 0 fully saturated rings. The molecule has 0 aliphatic rings. The van der Waals surface area contributed by atoms with Crippen LogP contribution in [0.2, 0.25) is 0 Å². The zero-order chi connectivity index (χ0) is 24.7. The van der Waals surface area contributed by atoms with Gasteiger partial charge in [-0.3, -0.25) is 4.55 Å². The lowest BCUT2D eigenvalue weighted by Gasteiger charge is -2.11. The van der Waals surface area contributed by atoms with Gasteiger partial charge in [0, 0.05) is 0 Å². The number of hydrogen-bond donors (Lipinski definition) is 1. The molecule has 2 aromatic rings. The van der Waals surface area contributed by atoms with Gasteiger partial charge >= 0.3 is 0 Å². The molecule has 0 heterocycles. The van der Waals surface area contributed by atoms with Crippen LogP contribution in [-0.4, -0.2) is 13.0 Å². The first-order valence-electron chi connectivity index (χ1n) is 14.0. The predicted molar refractivity (Wildman–Crippen MR) is 146 cm³/mol. The van der Waals surface area contributed by atoms with Crippen LogP contribution in [0, 0.1) is 0 Å². The molecule has 2 rings (SSSR count). The van der Waals surface area contributed by atoms with Crippen molar-refractivity contribution in [1.29, 1.82) is 0 Å². The third-order valence-electron chi connectivity index (χ3n) is 6.98. The molecule has 0 saturated carbocycles. The van der Waals surface area contributed by atoms with Gasteiger partial charge in [-0.05, 0) is 59.7 Å². The van der Waals surface area contributed by atoms with Crippen LogP contribution >= 0.6 is 0 Å². The van der Waals surface area contributed by atoms with Crippen molar-refractivity contribution < 1.29 is 13.0 Å². The molecule has 0 radical (unpaired) electrons. The molecule has 0 spiro atoms. The van der Waals surface area contributed by atoms with E-state index >= 15 is 0 Å². The molecule has 2 aromatic carbocycles. The second-order valence-electron chi connectivity index (χ2n) is 10.1. The first-order valence-corrected chi connectivity index (χ1v) is 15.4. The van der Waals surface area contributed by atoms with Gasteiger partial charge in [-0.15, -0.1) is 0 Å². The van der Waals surface area contributed by atoms with Gasteiger partial charge in [0.2, 0.25) is 0 Å². The van der Waals surface area contributed by atoms with Gasteiger partial charge in [0.05, 0.1) is 4.90 Å². The van der Waals surface area contributed by atoms with Gasteiger partial charge in [-0.2, -0.15) is 8.42 Å². The average Bonchev–Trinajstić information content (AvgIpc) is 2.81. The molecule has 34 heavy (non-hydrogen) atoms. The highest BCUT2D eigenvalue weighted by atomic mass is 32.2. The third kappa shape index (κ3) is 10.9. The summed E-state index contributed by atoms with van der Waals surface area (Å²) < 4.78 is 34.1. The Morgan fingerprint density at radius 1 is 0.588 bits per heavy atom. The molecule has 0 saturated heterocycles. The van der Waals surface area contributed by atoms with E-state index in [-0.39, 0.29) is 4.90 Å². The number of hydrogen-bond acceptors (Lipinski definition) is 2. The topological polar surface area (TPSA) is 54.4 Å². The molecule has 1 N–H and O–H groups in total. The Labute approximate surface area is 209 Å². The van der Waals surface area contributed by atoms with Crippen LogP contribution in [-0.2, 0) is 23.0 Å². The third-order valence-corrected chi connectivity index (χ3v) is 7.92. The van der Waals surface area contributed by atoms with E-state index in [1.807, 2.05) is 6.07 Å². The smallest absolute Gasteiger partial charge is 0.282 e. The predicted octanol–water partition coefficient (Wildman–Crippen LogP) is 9.45. The van der Waals surface area contributed by atoms with Crippen molar-refractivity contribution in [2.24, 2.45) is 0 Å². The van der Waals surface area contributed by atoms with Crippen LogP contribution in [0.1, 0.15) is 128 Å². The summed E-state index contributed by atoms with van der Waals surface area (Å²) >= 11 is 0. The Morgan fingerprint density at radius 2 is 1.09 bits per heavy atom. The standard InChI is InChI=1S/C30H48O3S/c1-3-5-7-9-11-13-15-17-19-26-21-22-27-24-28(20-18-16-14-12-10-8-6-4-2)30(34(31,32)33)25-29(27)23-26/h21-25H,3-20H2,1-2H3,(H,31,32,33). The zero-order valence-corrected chi connectivity index (χ0v) is 22.6. The van der Waals surface area contributed by atoms with E-state index in [1.54, 1.807) is 6.07 Å². The number of aryl methyl sites for hydroxylation is 2. The van der Waals surface area contributed by atoms with E-state index in [9.17, 15) is 13.0 Å². The average molecular weight is 489 g/mol. The lowest BCUT2D eigenvalue weighted by molar-refractivity contribution is 0.481. The SMILES string of the molecule is CCCCCCCCCCc1ccc2cc(CCCCCCCCCC)c(S(=O)(=O)O)cc2c1. The van der Waals surface area contributed by atoms with Gasteiger partial charge in [-0.25, -0.2) is 0 Å². The van der Waals surface area contributed by atoms with E-state index < -0.39 is 10.1 Å². The van der Waals surface area contributed by atoms with E-state index in [0.717, 1.165) is 35.6 Å². The van der Waals surface area contributed by atoms with Crippen LogP contribution in [0.4, 0.5) is 0 Å². The minimum absolute atomic E-state index is 0.0900. The fourth-order valence-corrected chi connectivity index (χ4v) is 5.64. The minimum atomic E-state index is -4.23. The highest BCUT2D eigenvalue weighted by Crippen LogP contribution is 2.27. The summed E-state index contributed by atoms with van der Waals surface area (Å²) in [6.45, 7) is 4.48. The maximum Gasteiger partial charge on any atom is 0.294 e. The van der Waals surface area contributed by atoms with Gasteiger partial charge < -0.3 is 0 Å². The highest BCUT2D eigenvalue weighted by molar-refractivity contribution is 7.85. The second-order valence-corrected chi connectivity index (χ2v) is 11.5. The van der Waals surface area contributed by atoms with Gasteiger partial charge in [0.1, 0.15) is 0 Å². The van der Waals surface area contributed by atoms with Gasteiger partial charge in [0.25, 0.3) is 10.1 Å². The highest BCUT2D eigenvalue weighted by Gasteiger charge is 2.16. The van der Waals surface area contributed by atoms with E-state index in [1.165, 1.54) is 95.5 Å². The molecule has 0 unspecified atom stereocenters. The Hall–Kier alpha value is -1.39. The quantitative estimate of drug-likeness (QED) is 0.158. The number of benzene rings is 2. The summed E-state index contributed by atoms with van der Waals surface area (Å²) in [7, 11) is -4.23. The first kappa shape index (κ1) is 28.8. The first-order chi connectivity index (χ1) is 16.5. The molecule has 3 nitrogen and oxygen atoms in total. The van der Waals surface area contributed by atoms with Crippen molar-refractivity contribution in [2.75, 3.05) is 0 Å². The summed E-state index contributed by atoms with van der Waals surface area (Å²) in [6.07, 6.45) is 21.8. The number of rotatable bonds is 19. The fraction of sp³-hybridized carbons (Fsp3) is 0.667. The van der Waals surface area contributed by atoms with Crippen molar-refractivity contribution in [3.8, 4) is 0 Å². The van der Waals surface area contributed by atoms with Crippen LogP contribution < -0.4 is 0 Å². The largest absolute Gasteiger partial charge is 0.294 e. The Bertz CT molecular complexity index is 933. The van der Waals surface area contributed by atoms with Crippen molar-refractivity contribution in [1.82, 2.24) is 0 Å². The lowest BCUT2D eigenvalue weighted by Crippen LogP contribution is -2.04. The Morgan fingerprint density at radius 3 is 1.62 bits per heavy atom. The summed E-state index contributed by atoms with van der Waals surface area (Å²) in [5.41, 5.74) is 1.99. The van der Waals surface area contributed by atoms with E-state index in [2.05, 4.69) is 32.0 Å². The molecular weight excluding hydrogens is 440 g/mol. The summed E-state index contributed by atoms with van der Waals surface area (Å²) in [4.78, 5) is 0.0900. The summed E-state index contributed by atoms with van der Waals surface area (Å²) in [5, 5.41) is 1.96. The number of unbranched alkanes of at least 4 members (excludes halogenated alkanes) is 14. The van der Waals surface area contributed by atoms with Gasteiger partial charge in [-0.1, -0.05) is 122 Å². The Kier molecular flexibility index (Phi) is 13.8. The molecule has 0 amide bonds. The minimum Gasteiger partial charge on any atom is -0.282 e. The fourth-order valence-electron chi connectivity index (χ4n) is 4.88. The molecule has 0 aromatic heterocycles. The molecular formula is C30H48O3S. The normalized spacial score (nSPS) is 12.0. The molecule has 0 aliphatic heterocycles. The van der Waals surface area contributed by atoms with Crippen LogP contribution in [0.3, 0.4) is 0 Å². The molecule has 0 aliphatic carbocycles. The summed E-state index contributed by atoms with van der Waals surface area (Å²) in [6, 6.07) is 10.0. The van der Waals surface area contributed by atoms with E-state index in [4.69, 9.17) is 0 Å². The molecule has 0 atom stereocenters.